The Morgan fingerprint density at radius 2 is 1.63 bits per heavy atom. The fourth-order valence-electron chi connectivity index (χ4n) is 7.33. The maximum Gasteiger partial charge on any atom is 0.342 e. The first-order valence-electron chi connectivity index (χ1n) is 16.7. The molecule has 4 heterocycles. The Morgan fingerprint density at radius 1 is 0.959 bits per heavy atom. The van der Waals surface area contributed by atoms with Crippen LogP contribution in [0.3, 0.4) is 0 Å². The number of carbonyl (C=O) groups is 2. The summed E-state index contributed by atoms with van der Waals surface area (Å²) in [5, 5.41) is 10.8. The quantitative estimate of drug-likeness (QED) is 0.186. The van der Waals surface area contributed by atoms with Gasteiger partial charge in [-0.1, -0.05) is 50.6 Å². The fraction of sp³-hybridized carbons (Fsp3) is 0.432. The van der Waals surface area contributed by atoms with Gasteiger partial charge in [-0.15, -0.1) is 0 Å². The van der Waals surface area contributed by atoms with Crippen molar-refractivity contribution in [3.8, 4) is 5.69 Å². The molecule has 6 rings (SSSR count). The maximum atomic E-state index is 14.0. The molecule has 260 valence electrons. The molecule has 2 aromatic carbocycles. The molecule has 2 atom stereocenters. The van der Waals surface area contributed by atoms with Crippen LogP contribution in [0.2, 0.25) is 0 Å². The number of piperidine rings is 1. The standard InChI is InChI=1S/C37H45N5O6S/c1-22-11-13-28(14-12-22)41-32(21-31(40-41)37(4,5)6)39-36(44)38-27-10-8-9-25(18-27)17-26-19-29-15-16-30(20-26)42(29)49(45,46)34-24(3)48-23(2)33(34)35(43)47-7/h8-14,18,21,26,29-30H,15-17,19-20H2,1-7H3,(H2,38,39,44). The second-order valence-corrected chi connectivity index (χ2v) is 16.1. The Balaban J connectivity index is 1.14. The molecule has 0 radical (unpaired) electrons. The van der Waals surface area contributed by atoms with Crippen molar-refractivity contribution >= 4 is 33.5 Å². The van der Waals surface area contributed by atoms with Gasteiger partial charge >= 0.3 is 12.0 Å². The van der Waals surface area contributed by atoms with E-state index in [4.69, 9.17) is 14.3 Å². The number of esters is 1. The molecule has 2 aromatic heterocycles. The number of aryl methyl sites for hydroxylation is 3. The smallest absolute Gasteiger partial charge is 0.342 e. The summed E-state index contributed by atoms with van der Waals surface area (Å²) in [6, 6.07) is 17.0. The summed E-state index contributed by atoms with van der Waals surface area (Å²) < 4.78 is 41.9. The predicted molar refractivity (Wildman–Crippen MR) is 188 cm³/mol. The minimum atomic E-state index is -3.99. The lowest BCUT2D eigenvalue weighted by Crippen LogP contribution is -2.47. The van der Waals surface area contributed by atoms with Gasteiger partial charge < -0.3 is 14.5 Å². The highest BCUT2D eigenvalue weighted by atomic mass is 32.2. The van der Waals surface area contributed by atoms with Crippen molar-refractivity contribution in [3.05, 3.63) is 88.5 Å². The van der Waals surface area contributed by atoms with Crippen molar-refractivity contribution in [1.29, 1.82) is 0 Å². The largest absolute Gasteiger partial charge is 0.465 e. The van der Waals surface area contributed by atoms with Crippen LogP contribution in [0.1, 0.15) is 85.2 Å². The normalized spacial score (nSPS) is 19.5. The summed E-state index contributed by atoms with van der Waals surface area (Å²) >= 11 is 0. The first kappa shape index (κ1) is 34.4. The van der Waals surface area contributed by atoms with Crippen molar-refractivity contribution in [2.75, 3.05) is 17.7 Å². The molecule has 0 spiro atoms. The van der Waals surface area contributed by atoms with E-state index in [1.165, 1.54) is 7.11 Å². The number of urea groups is 1. The van der Waals surface area contributed by atoms with Crippen molar-refractivity contribution in [2.45, 2.75) is 96.0 Å². The van der Waals surface area contributed by atoms with Crippen LogP contribution >= 0.6 is 0 Å². The van der Waals surface area contributed by atoms with E-state index in [0.717, 1.165) is 41.8 Å². The number of sulfonamides is 1. The van der Waals surface area contributed by atoms with Gasteiger partial charge in [-0.05, 0) is 88.6 Å². The Kier molecular flexibility index (Phi) is 9.23. The van der Waals surface area contributed by atoms with Crippen LogP contribution in [0.5, 0.6) is 0 Å². The Labute approximate surface area is 288 Å². The molecule has 2 saturated heterocycles. The average Bonchev–Trinajstić information content (AvgIpc) is 3.68. The second-order valence-electron chi connectivity index (χ2n) is 14.4. The molecule has 0 saturated carbocycles. The molecule has 2 N–H and O–H groups in total. The number of aromatic nitrogens is 2. The summed E-state index contributed by atoms with van der Waals surface area (Å²) in [7, 11) is -2.75. The van der Waals surface area contributed by atoms with Crippen LogP contribution < -0.4 is 10.6 Å². The lowest BCUT2D eigenvalue weighted by molar-refractivity contribution is 0.0594. The van der Waals surface area contributed by atoms with Crippen LogP contribution in [-0.2, 0) is 26.6 Å². The van der Waals surface area contributed by atoms with E-state index in [9.17, 15) is 18.0 Å². The van der Waals surface area contributed by atoms with Gasteiger partial charge in [-0.25, -0.2) is 22.7 Å². The number of nitrogens with zero attached hydrogens (tertiary/aromatic N) is 3. The number of amides is 2. The highest BCUT2D eigenvalue weighted by Crippen LogP contribution is 2.44. The zero-order valence-electron chi connectivity index (χ0n) is 29.2. The van der Waals surface area contributed by atoms with Gasteiger partial charge in [-0.2, -0.15) is 9.40 Å². The summed E-state index contributed by atoms with van der Waals surface area (Å²) in [6.07, 6.45) is 3.70. The minimum absolute atomic E-state index is 0.0240. The maximum absolute atomic E-state index is 14.0. The molecule has 12 heteroatoms. The van der Waals surface area contributed by atoms with E-state index in [2.05, 4.69) is 31.4 Å². The lowest BCUT2D eigenvalue weighted by atomic mass is 9.87. The Morgan fingerprint density at radius 3 is 2.27 bits per heavy atom. The van der Waals surface area contributed by atoms with Crippen LogP contribution in [0.15, 0.2) is 63.9 Å². The molecule has 11 nitrogen and oxygen atoms in total. The summed E-state index contributed by atoms with van der Waals surface area (Å²) in [6.45, 7) is 11.4. The summed E-state index contributed by atoms with van der Waals surface area (Å²) in [5.41, 5.74) is 4.34. The Hall–Kier alpha value is -4.42. The number of hydrogen-bond acceptors (Lipinski definition) is 7. The van der Waals surface area contributed by atoms with E-state index < -0.39 is 16.0 Å². The summed E-state index contributed by atoms with van der Waals surface area (Å²) in [5.74, 6) is 0.545. The molecule has 2 unspecified atom stereocenters. The molecule has 4 aromatic rings. The monoisotopic (exact) mass is 687 g/mol. The van der Waals surface area contributed by atoms with E-state index in [0.29, 0.717) is 24.3 Å². The van der Waals surface area contributed by atoms with Gasteiger partial charge in [0, 0.05) is 29.3 Å². The topological polar surface area (TPSA) is 136 Å². The van der Waals surface area contributed by atoms with Crippen molar-refractivity contribution in [2.24, 2.45) is 5.92 Å². The number of ether oxygens (including phenoxy) is 1. The van der Waals surface area contributed by atoms with E-state index in [1.807, 2.05) is 61.5 Å². The molecule has 2 amide bonds. The van der Waals surface area contributed by atoms with E-state index >= 15 is 0 Å². The first-order chi connectivity index (χ1) is 23.1. The molecule has 49 heavy (non-hydrogen) atoms. The number of rotatable bonds is 8. The average molecular weight is 688 g/mol. The second kappa shape index (κ2) is 13.1. The third kappa shape index (κ3) is 6.89. The number of benzene rings is 2. The number of carbonyl (C=O) groups excluding carboxylic acids is 2. The number of anilines is 2. The van der Waals surface area contributed by atoms with Crippen LogP contribution in [0.4, 0.5) is 16.3 Å². The SMILES string of the molecule is COC(=O)c1c(C)oc(C)c1S(=O)(=O)N1C2CCC1CC(Cc1cccc(NC(=O)Nc3cc(C(C)(C)C)nn3-c3ccc(C)cc3)c1)C2. The van der Waals surface area contributed by atoms with Gasteiger partial charge in [0.25, 0.3) is 0 Å². The van der Waals surface area contributed by atoms with Gasteiger partial charge in [0.2, 0.25) is 10.0 Å². The minimum Gasteiger partial charge on any atom is -0.465 e. The highest BCUT2D eigenvalue weighted by Gasteiger charge is 2.49. The van der Waals surface area contributed by atoms with Gasteiger partial charge in [0.1, 0.15) is 27.8 Å². The number of hydrogen-bond donors (Lipinski definition) is 2. The number of nitrogens with one attached hydrogen (secondary N) is 2. The van der Waals surface area contributed by atoms with Gasteiger partial charge in [-0.3, -0.25) is 5.32 Å². The summed E-state index contributed by atoms with van der Waals surface area (Å²) in [4.78, 5) is 25.7. The van der Waals surface area contributed by atoms with Crippen molar-refractivity contribution in [1.82, 2.24) is 14.1 Å². The van der Waals surface area contributed by atoms with Crippen molar-refractivity contribution < 1.29 is 27.2 Å². The molecular formula is C37H45N5O6S. The zero-order valence-corrected chi connectivity index (χ0v) is 30.0. The van der Waals surface area contributed by atoms with E-state index in [1.54, 1.807) is 22.8 Å². The van der Waals surface area contributed by atoms with Crippen molar-refractivity contribution in [3.63, 3.8) is 0 Å². The zero-order chi connectivity index (χ0) is 35.2. The number of fused-ring (bicyclic) bond motifs is 2. The predicted octanol–water partition coefficient (Wildman–Crippen LogP) is 7.29. The van der Waals surface area contributed by atoms with Gasteiger partial charge in [0.05, 0.1) is 18.5 Å². The van der Waals surface area contributed by atoms with Crippen LogP contribution in [0, 0.1) is 26.7 Å². The number of methoxy groups -OCH3 is 1. The first-order valence-corrected chi connectivity index (χ1v) is 18.2. The third-order valence-electron chi connectivity index (χ3n) is 9.60. The molecule has 2 bridgehead atoms. The van der Waals surface area contributed by atoms with Crippen LogP contribution in [0.25, 0.3) is 5.69 Å². The fourth-order valence-corrected chi connectivity index (χ4v) is 9.60. The van der Waals surface area contributed by atoms with E-state index in [-0.39, 0.29) is 51.4 Å². The number of furan rings is 1. The molecule has 2 aliphatic heterocycles. The molecule has 2 aliphatic rings. The molecule has 0 aliphatic carbocycles. The Bertz CT molecular complexity index is 1980. The van der Waals surface area contributed by atoms with Gasteiger partial charge in [0.15, 0.2) is 0 Å². The highest BCUT2D eigenvalue weighted by molar-refractivity contribution is 7.89. The third-order valence-corrected chi connectivity index (χ3v) is 11.8. The molecule has 2 fully saturated rings. The lowest BCUT2D eigenvalue weighted by Gasteiger charge is -2.38. The van der Waals surface area contributed by atoms with Crippen LogP contribution in [-0.4, -0.2) is 53.7 Å². The molecular weight excluding hydrogens is 643 g/mol.